The third kappa shape index (κ3) is 37.4. The Kier molecular flexibility index (Phi) is 19.0. The van der Waals surface area contributed by atoms with Crippen LogP contribution in [0.1, 0.15) is 13.8 Å². The van der Waals surface area contributed by atoms with Crippen molar-refractivity contribution in [2.45, 2.75) is 13.8 Å². The van der Waals surface area contributed by atoms with Crippen LogP contribution < -0.4 is 10.2 Å². The Bertz CT molecular complexity index is 270. The second kappa shape index (κ2) is 14.6. The van der Waals surface area contributed by atoms with Crippen molar-refractivity contribution < 1.29 is 40.2 Å². The Morgan fingerprint density at radius 3 is 1.38 bits per heavy atom. The maximum atomic E-state index is 8.89. The predicted octanol–water partition coefficient (Wildman–Crippen LogP) is -0.199. The summed E-state index contributed by atoms with van der Waals surface area (Å²) in [5.74, 6) is -2.17. The zero-order chi connectivity index (χ0) is 12.3. The third-order valence-corrected chi connectivity index (χ3v) is 1.45. The molecule has 1 aromatic rings. The minimum atomic E-state index is -1.08. The molecule has 0 aliphatic heterocycles. The van der Waals surface area contributed by atoms with Gasteiger partial charge in [0, 0.05) is 15.5 Å². The first-order valence-corrected chi connectivity index (χ1v) is 4.99. The van der Waals surface area contributed by atoms with Crippen LogP contribution in [0.4, 0.5) is 0 Å². The van der Waals surface area contributed by atoms with E-state index in [-0.39, 0.29) is 20.4 Å². The van der Waals surface area contributed by atoms with E-state index in [4.69, 9.17) is 19.8 Å². The standard InChI is InChI=1S/C6H5I.2C2H4O2.Pd/c7-6-4-2-1-3-5-6;2*1-2(3)4;/h1-5H;2*1H3,(H,3,4);/q;;;+2/p-2. The smallest absolute Gasteiger partial charge is 0.550 e. The van der Waals surface area contributed by atoms with Gasteiger partial charge in [-0.15, -0.1) is 0 Å². The molecule has 0 aliphatic rings. The van der Waals surface area contributed by atoms with E-state index in [0.717, 1.165) is 13.8 Å². The molecule has 0 saturated carbocycles. The molecule has 16 heavy (non-hydrogen) atoms. The van der Waals surface area contributed by atoms with Crippen molar-refractivity contribution in [1.29, 1.82) is 0 Å². The van der Waals surface area contributed by atoms with Gasteiger partial charge in [-0.3, -0.25) is 0 Å². The summed E-state index contributed by atoms with van der Waals surface area (Å²) in [6.45, 7) is 1.94. The Balaban J connectivity index is -0.000000166. The number of carbonyl (C=O) groups is 2. The normalized spacial score (nSPS) is 6.94. The fourth-order valence-electron chi connectivity index (χ4n) is 0.415. The quantitative estimate of drug-likeness (QED) is 0.424. The van der Waals surface area contributed by atoms with Crippen molar-refractivity contribution in [2.24, 2.45) is 0 Å². The van der Waals surface area contributed by atoms with E-state index >= 15 is 0 Å². The first kappa shape index (κ1) is 20.9. The fourth-order valence-corrected chi connectivity index (χ4v) is 0.830. The van der Waals surface area contributed by atoms with Gasteiger partial charge >= 0.3 is 20.4 Å². The molecule has 1 aromatic carbocycles. The predicted molar refractivity (Wildman–Crippen MR) is 60.5 cm³/mol. The van der Waals surface area contributed by atoms with Gasteiger partial charge in [0.15, 0.2) is 0 Å². The summed E-state index contributed by atoms with van der Waals surface area (Å²) in [5.41, 5.74) is 0. The van der Waals surface area contributed by atoms with Crippen LogP contribution in [-0.4, -0.2) is 11.9 Å². The van der Waals surface area contributed by atoms with Gasteiger partial charge in [0.2, 0.25) is 0 Å². The van der Waals surface area contributed by atoms with E-state index in [9.17, 15) is 0 Å². The molecule has 0 aromatic heterocycles. The Morgan fingerprint density at radius 2 is 1.25 bits per heavy atom. The van der Waals surface area contributed by atoms with Gasteiger partial charge in [-0.05, 0) is 48.6 Å². The topological polar surface area (TPSA) is 80.3 Å². The molecule has 0 spiro atoms. The van der Waals surface area contributed by atoms with Crippen molar-refractivity contribution in [2.75, 3.05) is 0 Å². The monoisotopic (exact) mass is 428 g/mol. The van der Waals surface area contributed by atoms with E-state index in [1.807, 2.05) is 18.2 Å². The van der Waals surface area contributed by atoms with Gasteiger partial charge in [0.25, 0.3) is 0 Å². The average molecular weight is 429 g/mol. The molecular weight excluding hydrogens is 417 g/mol. The largest absolute Gasteiger partial charge is 2.00 e. The van der Waals surface area contributed by atoms with E-state index in [1.54, 1.807) is 0 Å². The first-order valence-electron chi connectivity index (χ1n) is 3.92. The van der Waals surface area contributed by atoms with Crippen molar-refractivity contribution in [3.63, 3.8) is 0 Å². The molecule has 4 nitrogen and oxygen atoms in total. The Morgan fingerprint density at radius 1 is 1.00 bits per heavy atom. The molecule has 0 saturated heterocycles. The molecule has 0 atom stereocenters. The maximum absolute atomic E-state index is 8.89. The zero-order valence-corrected chi connectivity index (χ0v) is 12.4. The minimum Gasteiger partial charge on any atom is -0.550 e. The first-order chi connectivity index (χ1) is 6.86. The maximum Gasteiger partial charge on any atom is 2.00 e. The molecule has 0 aliphatic carbocycles. The van der Waals surface area contributed by atoms with Crippen LogP contribution in [0, 0.1) is 3.57 Å². The number of halogens is 1. The SMILES string of the molecule is CC(=O)[O-].CC(=O)[O-].Ic1ccccc1.[Pd+2]. The Labute approximate surface area is 122 Å². The number of aliphatic carboxylic acids is 2. The third-order valence-electron chi connectivity index (χ3n) is 0.733. The molecule has 0 bridgehead atoms. The molecule has 0 unspecified atom stereocenters. The number of benzene rings is 1. The molecule has 0 heterocycles. The van der Waals surface area contributed by atoms with Crippen molar-refractivity contribution in [3.05, 3.63) is 33.9 Å². The average Bonchev–Trinajstić information content (AvgIpc) is 2.03. The van der Waals surface area contributed by atoms with Crippen molar-refractivity contribution in [1.82, 2.24) is 0 Å². The summed E-state index contributed by atoms with van der Waals surface area (Å²) in [4.78, 5) is 17.8. The van der Waals surface area contributed by atoms with Crippen LogP contribution in [0.3, 0.4) is 0 Å². The molecule has 0 amide bonds. The van der Waals surface area contributed by atoms with E-state index in [1.165, 1.54) is 3.57 Å². The van der Waals surface area contributed by atoms with Crippen LogP contribution in [-0.2, 0) is 30.0 Å². The van der Waals surface area contributed by atoms with Gasteiger partial charge in [0.05, 0.1) is 0 Å². The summed E-state index contributed by atoms with van der Waals surface area (Å²) >= 11 is 2.28. The second-order valence-corrected chi connectivity index (χ2v) is 3.52. The van der Waals surface area contributed by atoms with Gasteiger partial charge in [-0.2, -0.15) is 0 Å². The second-order valence-electron chi connectivity index (χ2n) is 2.28. The summed E-state index contributed by atoms with van der Waals surface area (Å²) in [5, 5.41) is 17.8. The van der Waals surface area contributed by atoms with Crippen LogP contribution >= 0.6 is 22.6 Å². The van der Waals surface area contributed by atoms with E-state index in [2.05, 4.69) is 34.7 Å². The molecule has 92 valence electrons. The number of hydrogen-bond acceptors (Lipinski definition) is 4. The van der Waals surface area contributed by atoms with Crippen LogP contribution in [0.25, 0.3) is 0 Å². The summed E-state index contributed by atoms with van der Waals surface area (Å²) in [6, 6.07) is 10.2. The van der Waals surface area contributed by atoms with Crippen LogP contribution in [0.2, 0.25) is 0 Å². The fraction of sp³-hybridized carbons (Fsp3) is 0.200. The number of carboxylic acids is 2. The minimum absolute atomic E-state index is 0. The van der Waals surface area contributed by atoms with Crippen LogP contribution in [0.15, 0.2) is 30.3 Å². The molecule has 0 N–H and O–H groups in total. The van der Waals surface area contributed by atoms with E-state index < -0.39 is 11.9 Å². The van der Waals surface area contributed by atoms with Gasteiger partial charge in [0.1, 0.15) is 0 Å². The van der Waals surface area contributed by atoms with E-state index in [0.29, 0.717) is 0 Å². The summed E-state index contributed by atoms with van der Waals surface area (Å²) in [6.07, 6.45) is 0. The Hall–Kier alpha value is -0.448. The molecule has 0 fully saturated rings. The number of hydrogen-bond donors (Lipinski definition) is 0. The number of carboxylic acid groups (broad SMARTS) is 2. The number of carbonyl (C=O) groups excluding carboxylic acids is 2. The summed E-state index contributed by atoms with van der Waals surface area (Å²) < 4.78 is 1.29. The summed E-state index contributed by atoms with van der Waals surface area (Å²) in [7, 11) is 0. The van der Waals surface area contributed by atoms with Crippen LogP contribution in [0.5, 0.6) is 0 Å². The molecular formula is C10H11IO4Pd. The zero-order valence-electron chi connectivity index (χ0n) is 8.71. The van der Waals surface area contributed by atoms with Gasteiger partial charge < -0.3 is 19.8 Å². The molecule has 1 rings (SSSR count). The van der Waals surface area contributed by atoms with Gasteiger partial charge in [-0.1, -0.05) is 18.2 Å². The van der Waals surface area contributed by atoms with Crippen molar-refractivity contribution >= 4 is 34.5 Å². The molecule has 6 heteroatoms. The molecule has 0 radical (unpaired) electrons. The van der Waals surface area contributed by atoms with Crippen molar-refractivity contribution in [3.8, 4) is 0 Å². The van der Waals surface area contributed by atoms with Gasteiger partial charge in [-0.25, -0.2) is 0 Å². The number of rotatable bonds is 0.